The lowest BCUT2D eigenvalue weighted by atomic mass is 10.1. The molecule has 100 valence electrons. The van der Waals surface area contributed by atoms with Crippen molar-refractivity contribution in [3.05, 3.63) is 54.1 Å². The number of rotatable bonds is 2. The first-order chi connectivity index (χ1) is 9.63. The first-order valence-electron chi connectivity index (χ1n) is 6.41. The predicted octanol–water partition coefficient (Wildman–Crippen LogP) is 4.46. The van der Waals surface area contributed by atoms with Crippen LogP contribution in [-0.2, 0) is 4.79 Å². The third-order valence-electron chi connectivity index (χ3n) is 2.97. The van der Waals surface area contributed by atoms with Crippen LogP contribution in [-0.4, -0.2) is 5.97 Å². The first-order valence-corrected chi connectivity index (χ1v) is 6.41. The van der Waals surface area contributed by atoms with Gasteiger partial charge in [-0.15, -0.1) is 0 Å². The Morgan fingerprint density at radius 3 is 2.60 bits per heavy atom. The van der Waals surface area contributed by atoms with Gasteiger partial charge in [-0.3, -0.25) is 0 Å². The van der Waals surface area contributed by atoms with Gasteiger partial charge in [0, 0.05) is 16.8 Å². The maximum Gasteiger partial charge on any atom is 0.336 e. The van der Waals surface area contributed by atoms with Gasteiger partial charge < -0.3 is 9.15 Å². The monoisotopic (exact) mass is 266 g/mol. The van der Waals surface area contributed by atoms with Gasteiger partial charge in [0.1, 0.15) is 16.9 Å². The molecule has 1 heterocycles. The number of benzene rings is 2. The second-order valence-electron chi connectivity index (χ2n) is 4.90. The van der Waals surface area contributed by atoms with Crippen molar-refractivity contribution < 1.29 is 13.9 Å². The van der Waals surface area contributed by atoms with Gasteiger partial charge in [0.05, 0.1) is 0 Å². The molecule has 0 radical (unpaired) electrons. The number of esters is 1. The predicted molar refractivity (Wildman–Crippen MR) is 78.8 cm³/mol. The Morgan fingerprint density at radius 2 is 1.80 bits per heavy atom. The van der Waals surface area contributed by atoms with E-state index in [1.807, 2.05) is 50.2 Å². The van der Waals surface area contributed by atoms with Crippen LogP contribution in [0, 0.1) is 0 Å². The van der Waals surface area contributed by atoms with Crippen LogP contribution in [0.5, 0.6) is 5.75 Å². The lowest BCUT2D eigenvalue weighted by Gasteiger charge is -2.01. The molecule has 3 heteroatoms. The molecule has 1 aromatic heterocycles. The Kier molecular flexibility index (Phi) is 3.03. The molecule has 0 spiro atoms. The molecule has 0 unspecified atom stereocenters. The number of allylic oxidation sites excluding steroid dienone is 1. The molecule has 0 bridgehead atoms. The Bertz CT molecular complexity index is 820. The van der Waals surface area contributed by atoms with E-state index in [1.54, 1.807) is 6.07 Å². The SMILES string of the molecule is CC(C)=CC(=O)Oc1ccc2oc3ccccc3c2c1. The van der Waals surface area contributed by atoms with Crippen LogP contribution in [0.1, 0.15) is 13.8 Å². The molecule has 0 aliphatic carbocycles. The highest BCUT2D eigenvalue weighted by molar-refractivity contribution is 6.05. The van der Waals surface area contributed by atoms with Crippen molar-refractivity contribution in [3.8, 4) is 5.75 Å². The Morgan fingerprint density at radius 1 is 1.05 bits per heavy atom. The van der Waals surface area contributed by atoms with E-state index in [4.69, 9.17) is 9.15 Å². The molecule has 0 saturated heterocycles. The summed E-state index contributed by atoms with van der Waals surface area (Å²) in [4.78, 5) is 11.6. The molecule has 3 nitrogen and oxygen atoms in total. The first kappa shape index (κ1) is 12.5. The molecule has 0 saturated carbocycles. The van der Waals surface area contributed by atoms with E-state index in [9.17, 15) is 4.79 Å². The zero-order valence-corrected chi connectivity index (χ0v) is 11.3. The third kappa shape index (κ3) is 2.30. The average molecular weight is 266 g/mol. The normalized spacial score (nSPS) is 10.7. The van der Waals surface area contributed by atoms with Crippen LogP contribution in [0.3, 0.4) is 0 Å². The maximum atomic E-state index is 11.6. The number of carbonyl (C=O) groups is 1. The minimum Gasteiger partial charge on any atom is -0.456 e. The van der Waals surface area contributed by atoms with Crippen molar-refractivity contribution >= 4 is 27.9 Å². The molecule has 0 N–H and O–H groups in total. The summed E-state index contributed by atoms with van der Waals surface area (Å²) >= 11 is 0. The van der Waals surface area contributed by atoms with Gasteiger partial charge in [0.2, 0.25) is 0 Å². The van der Waals surface area contributed by atoms with Crippen LogP contribution in [0.2, 0.25) is 0 Å². The van der Waals surface area contributed by atoms with Gasteiger partial charge >= 0.3 is 5.97 Å². The van der Waals surface area contributed by atoms with Crippen LogP contribution >= 0.6 is 0 Å². The quantitative estimate of drug-likeness (QED) is 0.390. The average Bonchev–Trinajstić information content (AvgIpc) is 2.76. The van der Waals surface area contributed by atoms with E-state index < -0.39 is 0 Å². The van der Waals surface area contributed by atoms with Crippen molar-refractivity contribution in [1.82, 2.24) is 0 Å². The maximum absolute atomic E-state index is 11.6. The molecule has 0 fully saturated rings. The molecule has 0 amide bonds. The standard InChI is InChI=1S/C17H14O3/c1-11(2)9-17(18)19-12-7-8-16-14(10-12)13-5-3-4-6-15(13)20-16/h3-10H,1-2H3. The number of hydrogen-bond donors (Lipinski definition) is 0. The minimum atomic E-state index is -0.364. The highest BCUT2D eigenvalue weighted by atomic mass is 16.5. The number of hydrogen-bond acceptors (Lipinski definition) is 3. The fourth-order valence-corrected chi connectivity index (χ4v) is 2.15. The summed E-state index contributed by atoms with van der Waals surface area (Å²) < 4.78 is 11.0. The van der Waals surface area contributed by atoms with E-state index in [0.29, 0.717) is 5.75 Å². The second-order valence-corrected chi connectivity index (χ2v) is 4.90. The lowest BCUT2D eigenvalue weighted by Crippen LogP contribution is -2.04. The zero-order chi connectivity index (χ0) is 14.1. The van der Waals surface area contributed by atoms with E-state index in [0.717, 1.165) is 27.5 Å². The van der Waals surface area contributed by atoms with E-state index in [1.165, 1.54) is 6.08 Å². The van der Waals surface area contributed by atoms with Gasteiger partial charge in [-0.2, -0.15) is 0 Å². The molecule has 3 rings (SSSR count). The molecule has 2 aromatic carbocycles. The van der Waals surface area contributed by atoms with Crippen molar-refractivity contribution in [2.75, 3.05) is 0 Å². The summed E-state index contributed by atoms with van der Waals surface area (Å²) in [7, 11) is 0. The number of carbonyl (C=O) groups excluding carboxylic acids is 1. The molecule has 0 atom stereocenters. The van der Waals surface area contributed by atoms with Gasteiger partial charge in [-0.05, 0) is 38.1 Å². The fraction of sp³-hybridized carbons (Fsp3) is 0.118. The van der Waals surface area contributed by atoms with Crippen LogP contribution in [0.15, 0.2) is 58.5 Å². The summed E-state index contributed by atoms with van der Waals surface area (Å²) in [5.41, 5.74) is 2.52. The molecule has 0 aliphatic heterocycles. The van der Waals surface area contributed by atoms with Crippen molar-refractivity contribution in [2.45, 2.75) is 13.8 Å². The Balaban J connectivity index is 2.04. The van der Waals surface area contributed by atoms with Crippen molar-refractivity contribution in [2.24, 2.45) is 0 Å². The fourth-order valence-electron chi connectivity index (χ4n) is 2.15. The van der Waals surface area contributed by atoms with Crippen molar-refractivity contribution in [3.63, 3.8) is 0 Å². The topological polar surface area (TPSA) is 39.4 Å². The van der Waals surface area contributed by atoms with Gasteiger partial charge in [0.15, 0.2) is 0 Å². The summed E-state index contributed by atoms with van der Waals surface area (Å²) in [5, 5.41) is 1.96. The molecular formula is C17H14O3. The Labute approximate surface area is 116 Å². The van der Waals surface area contributed by atoms with Crippen LogP contribution in [0.25, 0.3) is 21.9 Å². The highest BCUT2D eigenvalue weighted by Gasteiger charge is 2.08. The van der Waals surface area contributed by atoms with Crippen molar-refractivity contribution in [1.29, 1.82) is 0 Å². The molecule has 20 heavy (non-hydrogen) atoms. The summed E-state index contributed by atoms with van der Waals surface area (Å²) in [6, 6.07) is 13.2. The van der Waals surface area contributed by atoms with Crippen LogP contribution < -0.4 is 4.74 Å². The summed E-state index contributed by atoms with van der Waals surface area (Å²) in [5.74, 6) is 0.156. The smallest absolute Gasteiger partial charge is 0.336 e. The number of ether oxygens (including phenoxy) is 1. The molecule has 3 aromatic rings. The molecular weight excluding hydrogens is 252 g/mol. The van der Waals surface area contributed by atoms with E-state index >= 15 is 0 Å². The minimum absolute atomic E-state index is 0.364. The number of para-hydroxylation sites is 1. The lowest BCUT2D eigenvalue weighted by molar-refractivity contribution is -0.129. The highest BCUT2D eigenvalue weighted by Crippen LogP contribution is 2.31. The zero-order valence-electron chi connectivity index (χ0n) is 11.3. The van der Waals surface area contributed by atoms with E-state index in [2.05, 4.69) is 0 Å². The van der Waals surface area contributed by atoms with E-state index in [-0.39, 0.29) is 5.97 Å². The van der Waals surface area contributed by atoms with Crippen LogP contribution in [0.4, 0.5) is 0 Å². The number of fused-ring (bicyclic) bond motifs is 3. The third-order valence-corrected chi connectivity index (χ3v) is 2.97. The largest absolute Gasteiger partial charge is 0.456 e. The summed E-state index contributed by atoms with van der Waals surface area (Å²) in [6.07, 6.45) is 1.47. The van der Waals surface area contributed by atoms with Gasteiger partial charge in [-0.25, -0.2) is 4.79 Å². The number of furan rings is 1. The summed E-state index contributed by atoms with van der Waals surface area (Å²) in [6.45, 7) is 3.71. The van der Waals surface area contributed by atoms with Gasteiger partial charge in [-0.1, -0.05) is 23.8 Å². The molecule has 0 aliphatic rings. The van der Waals surface area contributed by atoms with Gasteiger partial charge in [0.25, 0.3) is 0 Å². The second kappa shape index (κ2) is 4.85. The Hall–Kier alpha value is -2.55.